The zero-order chi connectivity index (χ0) is 16.0. The van der Waals surface area contributed by atoms with Gasteiger partial charge in [0.25, 0.3) is 0 Å². The number of rotatable bonds is 2. The largest absolute Gasteiger partial charge is 0.297 e. The maximum Gasteiger partial charge on any atom is 0.245 e. The maximum absolute atomic E-state index is 13.3. The summed E-state index contributed by atoms with van der Waals surface area (Å²) in [5.74, 6) is 0. The van der Waals surface area contributed by atoms with Crippen LogP contribution in [0.15, 0.2) is 41.4 Å². The lowest BCUT2D eigenvalue weighted by Gasteiger charge is -2.41. The van der Waals surface area contributed by atoms with E-state index in [1.165, 1.54) is 6.42 Å². The Hall–Kier alpha value is -1.50. The van der Waals surface area contributed by atoms with Crippen LogP contribution in [0.5, 0.6) is 0 Å². The first-order valence-electron chi connectivity index (χ1n) is 8.17. The van der Waals surface area contributed by atoms with Gasteiger partial charge in [-0.25, -0.2) is 8.42 Å². The highest BCUT2D eigenvalue weighted by molar-refractivity contribution is 7.89. The lowest BCUT2D eigenvalue weighted by molar-refractivity contribution is 0.117. The van der Waals surface area contributed by atoms with E-state index in [0.29, 0.717) is 23.0 Å². The molecule has 0 aliphatic carbocycles. The highest BCUT2D eigenvalue weighted by atomic mass is 32.2. The average molecular weight is 331 g/mol. The summed E-state index contributed by atoms with van der Waals surface area (Å²) in [6.45, 7) is 4.51. The van der Waals surface area contributed by atoms with Gasteiger partial charge < -0.3 is 0 Å². The number of aromatic nitrogens is 1. The third-order valence-corrected chi connectivity index (χ3v) is 7.07. The van der Waals surface area contributed by atoms with Crippen LogP contribution in [0.25, 0.3) is 10.9 Å². The molecule has 2 saturated heterocycles. The minimum Gasteiger partial charge on any atom is -0.297 e. The first-order valence-corrected chi connectivity index (χ1v) is 9.61. The summed E-state index contributed by atoms with van der Waals surface area (Å²) in [6.07, 6.45) is 3.91. The summed E-state index contributed by atoms with van der Waals surface area (Å²) in [4.78, 5) is 7.07. The van der Waals surface area contributed by atoms with E-state index in [1.54, 1.807) is 22.6 Å². The van der Waals surface area contributed by atoms with Crippen molar-refractivity contribution in [2.24, 2.45) is 0 Å². The van der Waals surface area contributed by atoms with Crippen LogP contribution in [-0.4, -0.2) is 54.3 Å². The normalized spacial score (nSPS) is 26.5. The van der Waals surface area contributed by atoms with Crippen LogP contribution in [0, 0.1) is 0 Å². The Morgan fingerprint density at radius 2 is 2.00 bits per heavy atom. The van der Waals surface area contributed by atoms with Crippen molar-refractivity contribution in [3.05, 3.63) is 36.5 Å². The van der Waals surface area contributed by atoms with Gasteiger partial charge in [-0.05, 0) is 38.4 Å². The fourth-order valence-corrected chi connectivity index (χ4v) is 5.73. The van der Waals surface area contributed by atoms with Gasteiger partial charge in [0.1, 0.15) is 4.90 Å². The highest BCUT2D eigenvalue weighted by Crippen LogP contribution is 2.31. The minimum atomic E-state index is -3.53. The van der Waals surface area contributed by atoms with Crippen molar-refractivity contribution in [3.8, 4) is 0 Å². The van der Waals surface area contributed by atoms with Crippen LogP contribution in [0.1, 0.15) is 19.8 Å². The molecule has 0 unspecified atom stereocenters. The molecule has 2 fully saturated rings. The van der Waals surface area contributed by atoms with Crippen molar-refractivity contribution in [2.45, 2.75) is 36.7 Å². The molecule has 3 heterocycles. The van der Waals surface area contributed by atoms with Crippen molar-refractivity contribution in [1.82, 2.24) is 14.2 Å². The zero-order valence-corrected chi connectivity index (χ0v) is 14.0. The van der Waals surface area contributed by atoms with Gasteiger partial charge in [0.15, 0.2) is 0 Å². The molecule has 2 aromatic rings. The number of hydrogen-bond acceptors (Lipinski definition) is 4. The molecule has 0 bridgehead atoms. The lowest BCUT2D eigenvalue weighted by atomic mass is 10.1. The monoisotopic (exact) mass is 331 g/mol. The second-order valence-corrected chi connectivity index (χ2v) is 8.40. The highest BCUT2D eigenvalue weighted by Gasteiger charge is 2.40. The van der Waals surface area contributed by atoms with Crippen LogP contribution < -0.4 is 0 Å². The van der Waals surface area contributed by atoms with Crippen molar-refractivity contribution >= 4 is 20.9 Å². The van der Waals surface area contributed by atoms with E-state index in [9.17, 15) is 8.42 Å². The van der Waals surface area contributed by atoms with Gasteiger partial charge >= 0.3 is 0 Å². The molecule has 0 amide bonds. The van der Waals surface area contributed by atoms with E-state index in [-0.39, 0.29) is 6.04 Å². The quantitative estimate of drug-likeness (QED) is 0.845. The lowest BCUT2D eigenvalue weighted by Crippen LogP contribution is -2.56. The van der Waals surface area contributed by atoms with E-state index in [1.807, 2.05) is 25.1 Å². The minimum absolute atomic E-state index is 0.00619. The Morgan fingerprint density at radius 3 is 2.87 bits per heavy atom. The molecule has 5 nitrogen and oxygen atoms in total. The Balaban J connectivity index is 1.77. The molecule has 1 aromatic carbocycles. The maximum atomic E-state index is 13.3. The van der Waals surface area contributed by atoms with Gasteiger partial charge in [-0.15, -0.1) is 0 Å². The van der Waals surface area contributed by atoms with Crippen molar-refractivity contribution < 1.29 is 8.42 Å². The number of para-hydroxylation sites is 1. The number of sulfonamides is 1. The summed E-state index contributed by atoms with van der Waals surface area (Å²) >= 11 is 0. The van der Waals surface area contributed by atoms with Crippen LogP contribution >= 0.6 is 0 Å². The first-order chi connectivity index (χ1) is 11.1. The smallest absolute Gasteiger partial charge is 0.245 e. The van der Waals surface area contributed by atoms with E-state index in [0.717, 1.165) is 24.9 Å². The van der Waals surface area contributed by atoms with E-state index in [4.69, 9.17) is 0 Å². The fraction of sp³-hybridized carbons (Fsp3) is 0.471. The molecule has 1 aromatic heterocycles. The predicted octanol–water partition coefficient (Wildman–Crippen LogP) is 2.09. The molecule has 0 radical (unpaired) electrons. The summed E-state index contributed by atoms with van der Waals surface area (Å²) < 4.78 is 28.2. The van der Waals surface area contributed by atoms with E-state index >= 15 is 0 Å². The number of fused-ring (bicyclic) bond motifs is 2. The molecule has 0 N–H and O–H groups in total. The molecule has 2 atom stereocenters. The number of nitrogens with zero attached hydrogens (tertiary/aromatic N) is 3. The molecule has 122 valence electrons. The van der Waals surface area contributed by atoms with Gasteiger partial charge in [-0.2, -0.15) is 4.31 Å². The molecule has 2 aliphatic heterocycles. The van der Waals surface area contributed by atoms with Gasteiger partial charge in [-0.3, -0.25) is 9.88 Å². The van der Waals surface area contributed by atoms with Crippen LogP contribution in [0.2, 0.25) is 0 Å². The summed E-state index contributed by atoms with van der Waals surface area (Å²) in [7, 11) is -3.53. The summed E-state index contributed by atoms with van der Waals surface area (Å²) in [5, 5.41) is 0.862. The SMILES string of the molecule is C[C@H]1CN2CCC[C@H]2CN1S(=O)(=O)c1cccc2cccnc12. The van der Waals surface area contributed by atoms with Crippen LogP contribution in [0.4, 0.5) is 0 Å². The molecule has 4 rings (SSSR count). The van der Waals surface area contributed by atoms with Crippen molar-refractivity contribution in [2.75, 3.05) is 19.6 Å². The third-order valence-electron chi connectivity index (χ3n) is 5.06. The molecular weight excluding hydrogens is 310 g/mol. The van der Waals surface area contributed by atoms with Crippen molar-refractivity contribution in [1.29, 1.82) is 0 Å². The van der Waals surface area contributed by atoms with Crippen LogP contribution in [-0.2, 0) is 10.0 Å². The topological polar surface area (TPSA) is 53.5 Å². The number of hydrogen-bond donors (Lipinski definition) is 0. The van der Waals surface area contributed by atoms with E-state index < -0.39 is 10.0 Å². The van der Waals surface area contributed by atoms with Crippen molar-refractivity contribution in [3.63, 3.8) is 0 Å². The Morgan fingerprint density at radius 1 is 1.17 bits per heavy atom. The summed E-state index contributed by atoms with van der Waals surface area (Å²) in [6, 6.07) is 9.47. The number of piperazine rings is 1. The fourth-order valence-electron chi connectivity index (χ4n) is 3.91. The Labute approximate surface area is 137 Å². The second-order valence-electron chi connectivity index (χ2n) is 6.55. The molecule has 0 spiro atoms. The molecule has 2 aliphatic rings. The molecule has 0 saturated carbocycles. The standard InChI is InChI=1S/C17H21N3O2S/c1-13-11-19-10-4-7-15(19)12-20(13)23(21,22)16-8-2-5-14-6-3-9-18-17(14)16/h2-3,5-6,8-9,13,15H,4,7,10-12H2,1H3/t13-,15-/m0/s1. The number of benzene rings is 1. The van der Waals surface area contributed by atoms with Gasteiger partial charge in [0, 0.05) is 36.8 Å². The first kappa shape index (κ1) is 15.1. The van der Waals surface area contributed by atoms with Gasteiger partial charge in [-0.1, -0.05) is 18.2 Å². The Kier molecular flexibility index (Phi) is 3.63. The molecule has 6 heteroatoms. The molecular formula is C17H21N3O2S. The zero-order valence-electron chi connectivity index (χ0n) is 13.2. The second kappa shape index (κ2) is 5.54. The van der Waals surface area contributed by atoms with E-state index in [2.05, 4.69) is 9.88 Å². The third kappa shape index (κ3) is 2.45. The summed E-state index contributed by atoms with van der Waals surface area (Å²) in [5.41, 5.74) is 0.566. The predicted molar refractivity (Wildman–Crippen MR) is 89.7 cm³/mol. The van der Waals surface area contributed by atoms with Gasteiger partial charge in [0.2, 0.25) is 10.0 Å². The average Bonchev–Trinajstić information content (AvgIpc) is 3.00. The van der Waals surface area contributed by atoms with Gasteiger partial charge in [0.05, 0.1) is 5.52 Å². The molecule has 23 heavy (non-hydrogen) atoms. The Bertz CT molecular complexity index is 831. The van der Waals surface area contributed by atoms with Crippen LogP contribution in [0.3, 0.4) is 0 Å². The number of pyridine rings is 1.